The van der Waals surface area contributed by atoms with Crippen LogP contribution < -0.4 is 0 Å². The van der Waals surface area contributed by atoms with Crippen LogP contribution in [-0.4, -0.2) is 22.9 Å². The highest BCUT2D eigenvalue weighted by Gasteiger charge is 2.69. The number of fused-ring (bicyclic) bond motifs is 3. The topological polar surface area (TPSA) is 29.5 Å². The second-order valence-corrected chi connectivity index (χ2v) is 7.09. The van der Waals surface area contributed by atoms with Gasteiger partial charge in [-0.1, -0.05) is 25.5 Å². The minimum atomic E-state index is -0.185. The van der Waals surface area contributed by atoms with Crippen LogP contribution in [0.4, 0.5) is 0 Å². The van der Waals surface area contributed by atoms with Crippen LogP contribution in [0.25, 0.3) is 0 Å². The van der Waals surface area contributed by atoms with Crippen LogP contribution in [-0.2, 0) is 4.74 Å². The van der Waals surface area contributed by atoms with Gasteiger partial charge in [-0.25, -0.2) is 0 Å². The third-order valence-electron chi connectivity index (χ3n) is 6.19. The summed E-state index contributed by atoms with van der Waals surface area (Å²) >= 11 is 0. The summed E-state index contributed by atoms with van der Waals surface area (Å²) in [5, 5.41) is 10.0. The lowest BCUT2D eigenvalue weighted by Gasteiger charge is -2.45. The summed E-state index contributed by atoms with van der Waals surface area (Å²) in [7, 11) is 0. The molecular formula is C15H24O2. The number of ether oxygens (including phenoxy) is 1. The van der Waals surface area contributed by atoms with Gasteiger partial charge in [0.15, 0.2) is 0 Å². The summed E-state index contributed by atoms with van der Waals surface area (Å²) in [6, 6.07) is 0. The van der Waals surface area contributed by atoms with Gasteiger partial charge in [0.1, 0.15) is 0 Å². The highest BCUT2D eigenvalue weighted by molar-refractivity contribution is 5.25. The van der Waals surface area contributed by atoms with E-state index in [0.29, 0.717) is 0 Å². The van der Waals surface area contributed by atoms with Crippen molar-refractivity contribution in [2.24, 2.45) is 10.8 Å². The van der Waals surface area contributed by atoms with E-state index in [1.807, 2.05) is 0 Å². The molecule has 0 aromatic carbocycles. The molecule has 0 radical (unpaired) electrons. The van der Waals surface area contributed by atoms with Gasteiger partial charge in [-0.2, -0.15) is 0 Å². The van der Waals surface area contributed by atoms with Gasteiger partial charge in [0.25, 0.3) is 0 Å². The number of hydrogen-bond donors (Lipinski definition) is 1. The van der Waals surface area contributed by atoms with Crippen molar-refractivity contribution in [2.75, 3.05) is 0 Å². The van der Waals surface area contributed by atoms with Crippen molar-refractivity contribution in [3.63, 3.8) is 0 Å². The first-order chi connectivity index (χ1) is 7.81. The van der Waals surface area contributed by atoms with Gasteiger partial charge in [0.2, 0.25) is 0 Å². The molecule has 2 nitrogen and oxygen atoms in total. The second kappa shape index (κ2) is 3.16. The van der Waals surface area contributed by atoms with E-state index in [9.17, 15) is 5.11 Å². The number of aliphatic hydroxyl groups excluding tert-OH is 1. The monoisotopic (exact) mass is 236 g/mol. The first-order valence-corrected chi connectivity index (χ1v) is 6.84. The van der Waals surface area contributed by atoms with Gasteiger partial charge in [0.05, 0.1) is 17.8 Å². The fourth-order valence-corrected chi connectivity index (χ4v) is 4.61. The standard InChI is InChI=1S/C15H24O2/c1-10-5-6-13(2)12(7-10)17-15(4)9-11(16)8-14(13,15)3/h7,11-12,16H,5-6,8-9H2,1-4H3. The molecule has 5 atom stereocenters. The van der Waals surface area contributed by atoms with Crippen molar-refractivity contribution in [1.82, 2.24) is 0 Å². The summed E-state index contributed by atoms with van der Waals surface area (Å²) in [5.41, 5.74) is 1.62. The molecule has 5 unspecified atom stereocenters. The van der Waals surface area contributed by atoms with Crippen LogP contribution in [0.2, 0.25) is 0 Å². The Bertz CT molecular complexity index is 388. The zero-order valence-corrected chi connectivity index (χ0v) is 11.4. The molecule has 0 spiro atoms. The predicted molar refractivity (Wildman–Crippen MR) is 67.7 cm³/mol. The maximum Gasteiger partial charge on any atom is 0.0825 e. The van der Waals surface area contributed by atoms with E-state index in [4.69, 9.17) is 4.74 Å². The molecule has 0 amide bonds. The average molecular weight is 236 g/mol. The molecule has 2 aliphatic carbocycles. The van der Waals surface area contributed by atoms with Crippen LogP contribution >= 0.6 is 0 Å². The van der Waals surface area contributed by atoms with E-state index in [1.165, 1.54) is 18.4 Å². The molecule has 2 fully saturated rings. The van der Waals surface area contributed by atoms with Crippen LogP contribution in [0.5, 0.6) is 0 Å². The molecule has 1 N–H and O–H groups in total. The Morgan fingerprint density at radius 3 is 2.71 bits per heavy atom. The minimum absolute atomic E-state index is 0.112. The predicted octanol–water partition coefficient (Wildman–Crippen LogP) is 3.05. The van der Waals surface area contributed by atoms with Crippen molar-refractivity contribution in [3.05, 3.63) is 11.6 Å². The summed E-state index contributed by atoms with van der Waals surface area (Å²) in [6.07, 6.45) is 6.45. The molecule has 1 saturated carbocycles. The maximum atomic E-state index is 10.0. The first-order valence-electron chi connectivity index (χ1n) is 6.84. The quantitative estimate of drug-likeness (QED) is 0.655. The Morgan fingerprint density at radius 2 is 2.00 bits per heavy atom. The Kier molecular flexibility index (Phi) is 2.18. The van der Waals surface area contributed by atoms with E-state index in [0.717, 1.165) is 12.8 Å². The van der Waals surface area contributed by atoms with Crippen LogP contribution in [0, 0.1) is 10.8 Å². The lowest BCUT2D eigenvalue weighted by atomic mass is 9.56. The molecule has 3 aliphatic rings. The van der Waals surface area contributed by atoms with E-state index in [-0.39, 0.29) is 28.6 Å². The Hall–Kier alpha value is -0.340. The van der Waals surface area contributed by atoms with Crippen molar-refractivity contribution in [2.45, 2.75) is 71.2 Å². The molecule has 1 saturated heterocycles. The SMILES string of the molecule is CC1=CC2OC3(C)CC(O)CC3(C)C2(C)CC1. The maximum absolute atomic E-state index is 10.0. The van der Waals surface area contributed by atoms with Gasteiger partial charge >= 0.3 is 0 Å². The van der Waals surface area contributed by atoms with Crippen molar-refractivity contribution in [3.8, 4) is 0 Å². The molecule has 17 heavy (non-hydrogen) atoms. The smallest absolute Gasteiger partial charge is 0.0825 e. The minimum Gasteiger partial charge on any atom is -0.393 e. The van der Waals surface area contributed by atoms with Gasteiger partial charge in [0, 0.05) is 17.3 Å². The fraction of sp³-hybridized carbons (Fsp3) is 0.867. The van der Waals surface area contributed by atoms with Gasteiger partial charge in [-0.15, -0.1) is 0 Å². The molecule has 0 bridgehead atoms. The highest BCUT2D eigenvalue weighted by Crippen LogP contribution is 2.68. The molecular weight excluding hydrogens is 212 g/mol. The highest BCUT2D eigenvalue weighted by atomic mass is 16.5. The van der Waals surface area contributed by atoms with Gasteiger partial charge < -0.3 is 9.84 Å². The summed E-state index contributed by atoms with van der Waals surface area (Å²) in [6.45, 7) is 9.11. The largest absolute Gasteiger partial charge is 0.393 e. The third kappa shape index (κ3) is 1.23. The molecule has 3 rings (SSSR count). The Balaban J connectivity index is 2.07. The second-order valence-electron chi connectivity index (χ2n) is 7.09. The number of aliphatic hydroxyl groups is 1. The van der Waals surface area contributed by atoms with Gasteiger partial charge in [-0.05, 0) is 33.1 Å². The molecule has 1 heterocycles. The molecule has 0 aromatic heterocycles. The van der Waals surface area contributed by atoms with Crippen LogP contribution in [0.1, 0.15) is 53.4 Å². The summed E-state index contributed by atoms with van der Waals surface area (Å²) in [4.78, 5) is 0. The van der Waals surface area contributed by atoms with Crippen molar-refractivity contribution < 1.29 is 9.84 Å². The van der Waals surface area contributed by atoms with E-state index < -0.39 is 0 Å². The van der Waals surface area contributed by atoms with E-state index in [1.54, 1.807) is 0 Å². The zero-order valence-electron chi connectivity index (χ0n) is 11.4. The number of allylic oxidation sites excluding steroid dienone is 1. The number of hydrogen-bond acceptors (Lipinski definition) is 2. The van der Waals surface area contributed by atoms with Crippen molar-refractivity contribution >= 4 is 0 Å². The van der Waals surface area contributed by atoms with E-state index in [2.05, 4.69) is 33.8 Å². The molecule has 2 heteroatoms. The van der Waals surface area contributed by atoms with Crippen LogP contribution in [0.3, 0.4) is 0 Å². The molecule has 1 aliphatic heterocycles. The molecule has 96 valence electrons. The lowest BCUT2D eigenvalue weighted by molar-refractivity contribution is -0.0466. The van der Waals surface area contributed by atoms with Gasteiger partial charge in [-0.3, -0.25) is 0 Å². The summed E-state index contributed by atoms with van der Waals surface area (Å²) < 4.78 is 6.39. The first kappa shape index (κ1) is 11.7. The average Bonchev–Trinajstić information content (AvgIpc) is 2.51. The zero-order chi connectivity index (χ0) is 12.5. The Labute approximate surface area is 104 Å². The fourth-order valence-electron chi connectivity index (χ4n) is 4.61. The van der Waals surface area contributed by atoms with Crippen molar-refractivity contribution in [1.29, 1.82) is 0 Å². The normalized spacial score (nSPS) is 57.6. The summed E-state index contributed by atoms with van der Waals surface area (Å²) in [5.74, 6) is 0. The number of rotatable bonds is 0. The third-order valence-corrected chi connectivity index (χ3v) is 6.19. The van der Waals surface area contributed by atoms with Crippen LogP contribution in [0.15, 0.2) is 11.6 Å². The van der Waals surface area contributed by atoms with E-state index >= 15 is 0 Å². The molecule has 0 aromatic rings. The Morgan fingerprint density at radius 1 is 1.29 bits per heavy atom. The lowest BCUT2D eigenvalue weighted by Crippen LogP contribution is -2.45.